The number of benzene rings is 1. The Morgan fingerprint density at radius 3 is 2.36 bits per heavy atom. The Morgan fingerprint density at radius 2 is 1.68 bits per heavy atom. The molecule has 0 unspecified atom stereocenters. The summed E-state index contributed by atoms with van der Waals surface area (Å²) in [6.07, 6.45) is 2.45. The first-order valence-corrected chi connectivity index (χ1v) is 8.11. The summed E-state index contributed by atoms with van der Waals surface area (Å²) in [4.78, 5) is 29.7. The summed E-state index contributed by atoms with van der Waals surface area (Å²) in [5.74, 6) is 0.194. The fraction of sp³-hybridized carbons (Fsp3) is 0.529. The van der Waals surface area contributed by atoms with E-state index in [2.05, 4.69) is 0 Å². The molecule has 2 aliphatic rings. The lowest BCUT2D eigenvalue weighted by Crippen LogP contribution is -3.11. The molecule has 0 aliphatic carbocycles. The summed E-state index contributed by atoms with van der Waals surface area (Å²) in [5.41, 5.74) is 1.84. The molecule has 5 nitrogen and oxygen atoms in total. The van der Waals surface area contributed by atoms with Gasteiger partial charge in [-0.2, -0.15) is 0 Å². The third kappa shape index (κ3) is 3.30. The van der Waals surface area contributed by atoms with E-state index in [-0.39, 0.29) is 11.8 Å². The monoisotopic (exact) mass is 302 g/mol. The quantitative estimate of drug-likeness (QED) is 0.848. The van der Waals surface area contributed by atoms with Gasteiger partial charge >= 0.3 is 0 Å². The van der Waals surface area contributed by atoms with E-state index in [9.17, 15) is 9.59 Å². The van der Waals surface area contributed by atoms with Gasteiger partial charge in [-0.3, -0.25) is 9.59 Å². The van der Waals surface area contributed by atoms with Crippen LogP contribution in [0.1, 0.15) is 28.8 Å². The summed E-state index contributed by atoms with van der Waals surface area (Å²) in [5, 5.41) is 0. The molecule has 1 aromatic rings. The number of carbonyl (C=O) groups is 2. The summed E-state index contributed by atoms with van der Waals surface area (Å²) in [6, 6.07) is 7.61. The topological polar surface area (TPSA) is 45.1 Å². The molecule has 0 bridgehead atoms. The largest absolute Gasteiger partial charge is 0.327 e. The van der Waals surface area contributed by atoms with Crippen molar-refractivity contribution in [2.24, 2.45) is 0 Å². The predicted octanol–water partition coefficient (Wildman–Crippen LogP) is -0.0844. The molecule has 2 amide bonds. The van der Waals surface area contributed by atoms with Crippen LogP contribution in [0, 0.1) is 6.92 Å². The second-order valence-electron chi connectivity index (χ2n) is 6.37. The van der Waals surface area contributed by atoms with Gasteiger partial charge in [0.15, 0.2) is 6.54 Å². The molecule has 2 aliphatic heterocycles. The van der Waals surface area contributed by atoms with Gasteiger partial charge in [-0.05, 0) is 19.1 Å². The standard InChI is InChI=1S/C17H23N3O2/c1-14-4-6-15(7-5-14)17(22)20-11-10-19(13-20)16(21)12-18-8-2-3-9-18/h4-7H,2-3,8-13H2,1H3/p+1. The molecule has 1 aromatic carbocycles. The third-order valence-electron chi connectivity index (χ3n) is 4.63. The van der Waals surface area contributed by atoms with Gasteiger partial charge in [0, 0.05) is 31.5 Å². The fourth-order valence-corrected chi connectivity index (χ4v) is 3.21. The van der Waals surface area contributed by atoms with Crippen LogP contribution in [0.15, 0.2) is 24.3 Å². The molecule has 1 N–H and O–H groups in total. The highest BCUT2D eigenvalue weighted by Gasteiger charge is 2.30. The van der Waals surface area contributed by atoms with Crippen LogP contribution in [0.4, 0.5) is 0 Å². The van der Waals surface area contributed by atoms with Crippen molar-refractivity contribution in [3.63, 3.8) is 0 Å². The minimum Gasteiger partial charge on any atom is -0.327 e. The highest BCUT2D eigenvalue weighted by atomic mass is 16.2. The van der Waals surface area contributed by atoms with Gasteiger partial charge in [-0.1, -0.05) is 17.7 Å². The number of rotatable bonds is 3. The van der Waals surface area contributed by atoms with Gasteiger partial charge in [0.2, 0.25) is 0 Å². The van der Waals surface area contributed by atoms with Crippen LogP contribution >= 0.6 is 0 Å². The molecular formula is C17H24N3O2+. The third-order valence-corrected chi connectivity index (χ3v) is 4.63. The Kier molecular flexibility index (Phi) is 4.43. The molecule has 0 aromatic heterocycles. The van der Waals surface area contributed by atoms with Crippen LogP contribution in [0.5, 0.6) is 0 Å². The van der Waals surface area contributed by atoms with E-state index in [1.54, 1.807) is 4.90 Å². The Bertz CT molecular complexity index is 550. The minimum atomic E-state index is 0.0174. The first kappa shape index (κ1) is 15.0. The van der Waals surface area contributed by atoms with Crippen molar-refractivity contribution in [2.45, 2.75) is 19.8 Å². The van der Waals surface area contributed by atoms with Crippen LogP contribution in [0.25, 0.3) is 0 Å². The molecule has 5 heteroatoms. The zero-order chi connectivity index (χ0) is 15.5. The van der Waals surface area contributed by atoms with E-state index in [1.165, 1.54) is 17.7 Å². The zero-order valence-electron chi connectivity index (χ0n) is 13.2. The van der Waals surface area contributed by atoms with E-state index in [0.29, 0.717) is 31.9 Å². The number of amides is 2. The normalized spacial score (nSPS) is 19.0. The van der Waals surface area contributed by atoms with E-state index in [0.717, 1.165) is 18.7 Å². The lowest BCUT2D eigenvalue weighted by Gasteiger charge is -2.20. The maximum Gasteiger partial charge on any atom is 0.279 e. The van der Waals surface area contributed by atoms with Crippen molar-refractivity contribution in [3.05, 3.63) is 35.4 Å². The second kappa shape index (κ2) is 6.48. The summed E-state index contributed by atoms with van der Waals surface area (Å²) in [7, 11) is 0. The van der Waals surface area contributed by atoms with Gasteiger partial charge in [0.25, 0.3) is 11.8 Å². The average molecular weight is 302 g/mol. The van der Waals surface area contributed by atoms with Crippen LogP contribution in [0.3, 0.4) is 0 Å². The number of likely N-dealkylation sites (tertiary alicyclic amines) is 1. The first-order valence-electron chi connectivity index (χ1n) is 8.11. The van der Waals surface area contributed by atoms with Crippen LogP contribution in [-0.2, 0) is 4.79 Å². The molecule has 0 spiro atoms. The summed E-state index contributed by atoms with van der Waals surface area (Å²) >= 11 is 0. The highest BCUT2D eigenvalue weighted by molar-refractivity contribution is 5.94. The number of quaternary nitrogens is 1. The first-order chi connectivity index (χ1) is 10.6. The average Bonchev–Trinajstić information content (AvgIpc) is 3.18. The number of nitrogens with one attached hydrogen (secondary N) is 1. The predicted molar refractivity (Wildman–Crippen MR) is 83.6 cm³/mol. The zero-order valence-corrected chi connectivity index (χ0v) is 13.2. The van der Waals surface area contributed by atoms with Crippen LogP contribution in [-0.4, -0.2) is 61.0 Å². The summed E-state index contributed by atoms with van der Waals surface area (Å²) < 4.78 is 0. The van der Waals surface area contributed by atoms with E-state index in [4.69, 9.17) is 0 Å². The number of carbonyl (C=O) groups excluding carboxylic acids is 2. The van der Waals surface area contributed by atoms with Gasteiger partial charge in [0.05, 0.1) is 19.8 Å². The number of aryl methyl sites for hydroxylation is 1. The lowest BCUT2D eigenvalue weighted by atomic mass is 10.1. The molecule has 0 saturated carbocycles. The van der Waals surface area contributed by atoms with Crippen molar-refractivity contribution in [1.82, 2.24) is 9.80 Å². The molecule has 0 atom stereocenters. The van der Waals surface area contributed by atoms with Crippen molar-refractivity contribution in [2.75, 3.05) is 39.4 Å². The maximum atomic E-state index is 12.5. The Labute approximate surface area is 131 Å². The van der Waals surface area contributed by atoms with Crippen molar-refractivity contribution in [3.8, 4) is 0 Å². The molecule has 118 valence electrons. The molecule has 22 heavy (non-hydrogen) atoms. The van der Waals surface area contributed by atoms with Crippen molar-refractivity contribution >= 4 is 11.8 Å². The van der Waals surface area contributed by atoms with Gasteiger partial charge in [0.1, 0.15) is 0 Å². The smallest absolute Gasteiger partial charge is 0.279 e. The molecule has 2 fully saturated rings. The second-order valence-corrected chi connectivity index (χ2v) is 6.37. The molecule has 2 saturated heterocycles. The number of hydrogen-bond donors (Lipinski definition) is 1. The number of hydrogen-bond acceptors (Lipinski definition) is 2. The lowest BCUT2D eigenvalue weighted by molar-refractivity contribution is -0.879. The van der Waals surface area contributed by atoms with E-state index < -0.39 is 0 Å². The summed E-state index contributed by atoms with van der Waals surface area (Å²) in [6.45, 7) is 6.51. The molecule has 2 heterocycles. The van der Waals surface area contributed by atoms with Crippen molar-refractivity contribution < 1.29 is 14.5 Å². The van der Waals surface area contributed by atoms with Crippen LogP contribution < -0.4 is 4.90 Å². The Morgan fingerprint density at radius 1 is 1.05 bits per heavy atom. The molecule has 0 radical (unpaired) electrons. The van der Waals surface area contributed by atoms with E-state index >= 15 is 0 Å². The molecule has 3 rings (SSSR count). The Hall–Kier alpha value is -1.88. The Balaban J connectivity index is 1.56. The molecular weight excluding hydrogens is 278 g/mol. The van der Waals surface area contributed by atoms with Gasteiger partial charge in [-0.25, -0.2) is 0 Å². The number of nitrogens with zero attached hydrogens (tertiary/aromatic N) is 2. The van der Waals surface area contributed by atoms with Gasteiger partial charge < -0.3 is 14.7 Å². The van der Waals surface area contributed by atoms with Crippen molar-refractivity contribution in [1.29, 1.82) is 0 Å². The van der Waals surface area contributed by atoms with Gasteiger partial charge in [-0.15, -0.1) is 0 Å². The van der Waals surface area contributed by atoms with Crippen LogP contribution in [0.2, 0.25) is 0 Å². The van der Waals surface area contributed by atoms with E-state index in [1.807, 2.05) is 36.1 Å². The maximum absolute atomic E-state index is 12.5. The fourth-order valence-electron chi connectivity index (χ4n) is 3.21. The SMILES string of the molecule is Cc1ccc(C(=O)N2CCN(C(=O)C[NH+]3CCCC3)C2)cc1. The minimum absolute atomic E-state index is 0.0174. The highest BCUT2D eigenvalue weighted by Crippen LogP contribution is 2.12.